The Morgan fingerprint density at radius 1 is 0.974 bits per heavy atom. The molecular weight excluding hydrogens is 498 g/mol. The number of fused-ring (bicyclic) bond motifs is 2. The number of ether oxygens (including phenoxy) is 1. The first-order valence-corrected chi connectivity index (χ1v) is 13.4. The molecule has 1 N–H and O–H groups in total. The second-order valence-electron chi connectivity index (χ2n) is 10.2. The summed E-state index contributed by atoms with van der Waals surface area (Å²) in [4.78, 5) is 50.4. The van der Waals surface area contributed by atoms with Gasteiger partial charge in [0.15, 0.2) is 0 Å². The number of pyridine rings is 1. The highest BCUT2D eigenvalue weighted by atomic mass is 16.5. The summed E-state index contributed by atoms with van der Waals surface area (Å²) in [6.07, 6.45) is 2.60. The van der Waals surface area contributed by atoms with Crippen LogP contribution in [0, 0.1) is 0 Å². The van der Waals surface area contributed by atoms with Gasteiger partial charge in [0.05, 0.1) is 31.0 Å². The van der Waals surface area contributed by atoms with Crippen LogP contribution in [0.2, 0.25) is 0 Å². The number of hydrogen-bond acceptors (Lipinski definition) is 7. The van der Waals surface area contributed by atoms with Gasteiger partial charge < -0.3 is 24.4 Å². The minimum Gasteiger partial charge on any atom is -0.378 e. The lowest BCUT2D eigenvalue weighted by molar-refractivity contribution is 0.0304. The first-order chi connectivity index (χ1) is 19.0. The number of benzene rings is 1. The Hall–Kier alpha value is -3.96. The minimum atomic E-state index is -0.479. The number of aryl methyl sites for hydroxylation is 2. The van der Waals surface area contributed by atoms with Crippen molar-refractivity contribution in [3.8, 4) is 0 Å². The Labute approximate surface area is 225 Å². The largest absolute Gasteiger partial charge is 0.378 e. The molecule has 204 valence electrons. The van der Waals surface area contributed by atoms with Crippen LogP contribution in [0.1, 0.15) is 22.5 Å². The lowest BCUT2D eigenvalue weighted by atomic mass is 10.1. The lowest BCUT2D eigenvalue weighted by Crippen LogP contribution is -2.42. The highest BCUT2D eigenvalue weighted by Crippen LogP contribution is 2.32. The molecule has 0 spiro atoms. The van der Waals surface area contributed by atoms with E-state index in [0.717, 1.165) is 36.8 Å². The third-order valence-electron chi connectivity index (χ3n) is 7.85. The van der Waals surface area contributed by atoms with E-state index < -0.39 is 11.2 Å². The quantitative estimate of drug-likeness (QED) is 0.417. The maximum atomic E-state index is 14.1. The van der Waals surface area contributed by atoms with E-state index in [-0.39, 0.29) is 12.5 Å². The van der Waals surface area contributed by atoms with Crippen LogP contribution in [-0.4, -0.2) is 82.0 Å². The summed E-state index contributed by atoms with van der Waals surface area (Å²) in [6.45, 7) is 4.97. The number of rotatable bonds is 4. The van der Waals surface area contributed by atoms with E-state index in [9.17, 15) is 14.4 Å². The fourth-order valence-corrected chi connectivity index (χ4v) is 5.87. The summed E-state index contributed by atoms with van der Waals surface area (Å²) >= 11 is 0. The second kappa shape index (κ2) is 10.3. The van der Waals surface area contributed by atoms with Crippen LogP contribution in [0.4, 0.5) is 5.82 Å². The molecule has 0 unspecified atom stereocenters. The molecule has 5 heterocycles. The van der Waals surface area contributed by atoms with Gasteiger partial charge in [-0.25, -0.2) is 4.79 Å². The zero-order valence-electron chi connectivity index (χ0n) is 22.4. The molecule has 1 amide bonds. The summed E-state index contributed by atoms with van der Waals surface area (Å²) in [5.41, 5.74) is 0.848. The van der Waals surface area contributed by atoms with Gasteiger partial charge in [0.25, 0.3) is 11.5 Å². The molecule has 0 atom stereocenters. The fraction of sp³-hybridized carbons (Fsp3) is 0.429. The summed E-state index contributed by atoms with van der Waals surface area (Å²) in [5, 5.41) is 5.28. The number of aromatic nitrogens is 4. The van der Waals surface area contributed by atoms with E-state index in [1.807, 2.05) is 41.9 Å². The molecule has 11 nitrogen and oxygen atoms in total. The van der Waals surface area contributed by atoms with Crippen molar-refractivity contribution in [2.24, 2.45) is 14.1 Å². The lowest BCUT2D eigenvalue weighted by Gasteiger charge is -2.29. The van der Waals surface area contributed by atoms with Gasteiger partial charge in [-0.3, -0.25) is 23.7 Å². The SMILES string of the molecule is Cn1c(N2CCCNCC2)c(C(=O)N2CCOCC2)c2c1c(=O)n(Cc1nccc3ccccc13)c(=O)n2C. The highest BCUT2D eigenvalue weighted by Gasteiger charge is 2.33. The van der Waals surface area contributed by atoms with Crippen molar-refractivity contribution in [1.29, 1.82) is 0 Å². The number of nitrogens with one attached hydrogen (secondary N) is 1. The van der Waals surface area contributed by atoms with Crippen LogP contribution in [0.5, 0.6) is 0 Å². The predicted molar refractivity (Wildman–Crippen MR) is 150 cm³/mol. The molecule has 0 bridgehead atoms. The molecule has 2 saturated heterocycles. The number of carbonyl (C=O) groups is 1. The molecule has 1 aromatic carbocycles. The van der Waals surface area contributed by atoms with Gasteiger partial charge in [-0.2, -0.15) is 0 Å². The van der Waals surface area contributed by atoms with E-state index in [1.54, 1.807) is 18.1 Å². The van der Waals surface area contributed by atoms with Crippen molar-refractivity contribution in [2.75, 3.05) is 57.4 Å². The Balaban J connectivity index is 1.58. The minimum absolute atomic E-state index is 0.0314. The molecule has 0 radical (unpaired) electrons. The van der Waals surface area contributed by atoms with Crippen molar-refractivity contribution >= 4 is 33.5 Å². The average Bonchev–Trinajstić information content (AvgIpc) is 3.09. The second-order valence-corrected chi connectivity index (χ2v) is 10.2. The fourth-order valence-electron chi connectivity index (χ4n) is 5.87. The van der Waals surface area contributed by atoms with Gasteiger partial charge in [-0.1, -0.05) is 24.3 Å². The number of amides is 1. The van der Waals surface area contributed by atoms with E-state index in [1.165, 1.54) is 9.13 Å². The van der Waals surface area contributed by atoms with Gasteiger partial charge >= 0.3 is 5.69 Å². The molecule has 3 aromatic heterocycles. The molecule has 4 aromatic rings. The molecule has 2 aliphatic rings. The summed E-state index contributed by atoms with van der Waals surface area (Å²) < 4.78 is 9.97. The molecule has 2 fully saturated rings. The Bertz CT molecular complexity index is 1670. The zero-order chi connectivity index (χ0) is 27.1. The Kier molecular flexibility index (Phi) is 6.69. The Morgan fingerprint density at radius 3 is 2.59 bits per heavy atom. The normalized spacial score (nSPS) is 16.7. The third kappa shape index (κ3) is 4.31. The van der Waals surface area contributed by atoms with Crippen LogP contribution >= 0.6 is 0 Å². The molecule has 39 heavy (non-hydrogen) atoms. The molecule has 2 aliphatic heterocycles. The maximum absolute atomic E-state index is 14.1. The molecular formula is C28H33N7O4. The standard InChI is InChI=1S/C28H33N7O4/c1-31-24-23(22(26(36)34-14-16-39-17-15-34)25(31)33-12-5-9-29-11-13-33)32(2)28(38)35(27(24)37)18-21-20-7-4-3-6-19(20)8-10-30-21/h3-4,6-8,10,29H,5,9,11-18H2,1-2H3. The van der Waals surface area contributed by atoms with Crippen LogP contribution in [0.15, 0.2) is 46.1 Å². The predicted octanol–water partition coefficient (Wildman–Crippen LogP) is 0.907. The van der Waals surface area contributed by atoms with Gasteiger partial charge in [-0.15, -0.1) is 0 Å². The first kappa shape index (κ1) is 25.3. The molecule has 0 saturated carbocycles. The average molecular weight is 532 g/mol. The van der Waals surface area contributed by atoms with Crippen molar-refractivity contribution in [3.05, 3.63) is 68.6 Å². The number of carbonyl (C=O) groups excluding carboxylic acids is 1. The van der Waals surface area contributed by atoms with Crippen LogP contribution in [0.25, 0.3) is 21.8 Å². The summed E-state index contributed by atoms with van der Waals surface area (Å²) in [5.74, 6) is 0.498. The Morgan fingerprint density at radius 2 is 1.77 bits per heavy atom. The van der Waals surface area contributed by atoms with E-state index in [0.29, 0.717) is 61.0 Å². The molecule has 0 aliphatic carbocycles. The number of anilines is 1. The van der Waals surface area contributed by atoms with Crippen molar-refractivity contribution < 1.29 is 9.53 Å². The number of morpholine rings is 1. The number of hydrogen-bond donors (Lipinski definition) is 1. The first-order valence-electron chi connectivity index (χ1n) is 13.4. The van der Waals surface area contributed by atoms with E-state index in [2.05, 4.69) is 15.2 Å². The van der Waals surface area contributed by atoms with Crippen LogP contribution < -0.4 is 21.5 Å². The van der Waals surface area contributed by atoms with Crippen molar-refractivity contribution in [2.45, 2.75) is 13.0 Å². The highest BCUT2D eigenvalue weighted by molar-refractivity contribution is 6.11. The smallest absolute Gasteiger partial charge is 0.331 e. The van der Waals surface area contributed by atoms with E-state index >= 15 is 0 Å². The van der Waals surface area contributed by atoms with Gasteiger partial charge in [0, 0.05) is 58.4 Å². The number of nitrogens with zero attached hydrogens (tertiary/aromatic N) is 6. The van der Waals surface area contributed by atoms with Crippen LogP contribution in [-0.2, 0) is 25.4 Å². The topological polar surface area (TPSA) is 107 Å². The van der Waals surface area contributed by atoms with Crippen molar-refractivity contribution in [1.82, 2.24) is 28.9 Å². The summed E-state index contributed by atoms with van der Waals surface area (Å²) in [6, 6.07) is 9.69. The third-order valence-corrected chi connectivity index (χ3v) is 7.85. The van der Waals surface area contributed by atoms with Crippen LogP contribution in [0.3, 0.4) is 0 Å². The molecule has 11 heteroatoms. The van der Waals surface area contributed by atoms with Gasteiger partial charge in [0.1, 0.15) is 16.9 Å². The molecule has 6 rings (SSSR count). The van der Waals surface area contributed by atoms with Crippen molar-refractivity contribution in [3.63, 3.8) is 0 Å². The van der Waals surface area contributed by atoms with Gasteiger partial charge in [0.2, 0.25) is 0 Å². The summed E-state index contributed by atoms with van der Waals surface area (Å²) in [7, 11) is 3.46. The van der Waals surface area contributed by atoms with Gasteiger partial charge in [-0.05, 0) is 24.4 Å². The monoisotopic (exact) mass is 531 g/mol. The zero-order valence-corrected chi connectivity index (χ0v) is 22.4. The maximum Gasteiger partial charge on any atom is 0.331 e. The van der Waals surface area contributed by atoms with E-state index in [4.69, 9.17) is 4.74 Å².